The van der Waals surface area contributed by atoms with Crippen LogP contribution in [0.25, 0.3) is 0 Å². The highest BCUT2D eigenvalue weighted by molar-refractivity contribution is 5.38. The molecule has 2 heteroatoms. The summed E-state index contributed by atoms with van der Waals surface area (Å²) in [4.78, 5) is 0. The van der Waals surface area contributed by atoms with Crippen LogP contribution in [0.1, 0.15) is 43.7 Å². The molecule has 1 aromatic carbocycles. The summed E-state index contributed by atoms with van der Waals surface area (Å²) in [5.41, 5.74) is 0.501. The van der Waals surface area contributed by atoms with E-state index >= 15 is 0 Å². The maximum Gasteiger partial charge on any atom is 0.174 e. The number of hydrogen-bond acceptors (Lipinski definition) is 0. The van der Waals surface area contributed by atoms with Crippen LogP contribution in [-0.4, -0.2) is 0 Å². The largest absolute Gasteiger partial charge is 0.203 e. The first kappa shape index (κ1) is 13.1. The van der Waals surface area contributed by atoms with E-state index in [-0.39, 0.29) is 5.56 Å². The molecule has 0 heterocycles. The zero-order valence-electron chi connectivity index (χ0n) is 10.9. The lowest BCUT2D eigenvalue weighted by Gasteiger charge is -2.21. The second-order valence-corrected chi connectivity index (χ2v) is 5.28. The molecule has 0 spiro atoms. The van der Waals surface area contributed by atoms with Gasteiger partial charge < -0.3 is 0 Å². The Kier molecular flexibility index (Phi) is 4.01. The van der Waals surface area contributed by atoms with Crippen molar-refractivity contribution >= 4 is 0 Å². The Morgan fingerprint density at radius 2 is 1.72 bits per heavy atom. The maximum absolute atomic E-state index is 13.6. The van der Waals surface area contributed by atoms with Gasteiger partial charge in [0.15, 0.2) is 11.6 Å². The predicted molar refractivity (Wildman–Crippen MR) is 69.1 cm³/mol. The van der Waals surface area contributed by atoms with E-state index < -0.39 is 11.6 Å². The number of hydrogen-bond donors (Lipinski definition) is 0. The standard InChI is InChI=1S/C16H18F2/c1-11-3-6-13(7-4-11)8-10-14-9-5-12(2)15(17)16(14)18/h5,9,11,13H,3-4,6-7H2,1-2H3. The van der Waals surface area contributed by atoms with Crippen molar-refractivity contribution in [3.8, 4) is 11.8 Å². The van der Waals surface area contributed by atoms with Gasteiger partial charge >= 0.3 is 0 Å². The molecule has 96 valence electrons. The molecule has 1 aliphatic rings. The first-order chi connectivity index (χ1) is 8.58. The molecular formula is C16H18F2. The van der Waals surface area contributed by atoms with Gasteiger partial charge in [0.1, 0.15) is 0 Å². The van der Waals surface area contributed by atoms with Gasteiger partial charge in [-0.15, -0.1) is 0 Å². The summed E-state index contributed by atoms with van der Waals surface area (Å²) in [5.74, 6) is 5.41. The SMILES string of the molecule is Cc1ccc(C#CC2CCC(C)CC2)c(F)c1F. The fourth-order valence-corrected chi connectivity index (χ4v) is 2.33. The van der Waals surface area contributed by atoms with Crippen LogP contribution in [0.2, 0.25) is 0 Å². The molecule has 1 saturated carbocycles. The molecule has 18 heavy (non-hydrogen) atoms. The normalized spacial score (nSPS) is 23.3. The fourth-order valence-electron chi connectivity index (χ4n) is 2.33. The number of aryl methyl sites for hydroxylation is 1. The van der Waals surface area contributed by atoms with Crippen molar-refractivity contribution in [2.45, 2.75) is 39.5 Å². The molecule has 0 N–H and O–H groups in total. The highest BCUT2D eigenvalue weighted by atomic mass is 19.2. The Labute approximate surface area is 107 Å². The Morgan fingerprint density at radius 3 is 2.39 bits per heavy atom. The number of benzene rings is 1. The van der Waals surface area contributed by atoms with Crippen LogP contribution in [0.15, 0.2) is 12.1 Å². The highest BCUT2D eigenvalue weighted by Gasteiger charge is 2.16. The second kappa shape index (κ2) is 5.52. The first-order valence-electron chi connectivity index (χ1n) is 6.54. The number of rotatable bonds is 0. The van der Waals surface area contributed by atoms with Crippen LogP contribution in [0.5, 0.6) is 0 Å². The monoisotopic (exact) mass is 248 g/mol. The summed E-state index contributed by atoms with van der Waals surface area (Å²) >= 11 is 0. The third-order valence-electron chi connectivity index (χ3n) is 3.70. The van der Waals surface area contributed by atoms with E-state index in [9.17, 15) is 8.78 Å². The van der Waals surface area contributed by atoms with Gasteiger partial charge in [-0.1, -0.05) is 24.8 Å². The van der Waals surface area contributed by atoms with E-state index in [2.05, 4.69) is 18.8 Å². The summed E-state index contributed by atoms with van der Waals surface area (Å²) in [6, 6.07) is 3.14. The molecule has 0 saturated heterocycles. The Bertz CT molecular complexity index is 486. The topological polar surface area (TPSA) is 0 Å². The van der Waals surface area contributed by atoms with Gasteiger partial charge in [-0.2, -0.15) is 0 Å². The lowest BCUT2D eigenvalue weighted by Crippen LogP contribution is -2.10. The summed E-state index contributed by atoms with van der Waals surface area (Å²) in [7, 11) is 0. The molecule has 0 atom stereocenters. The van der Waals surface area contributed by atoms with Crippen molar-refractivity contribution < 1.29 is 8.78 Å². The lowest BCUT2D eigenvalue weighted by atomic mass is 9.83. The van der Waals surface area contributed by atoms with E-state index in [1.807, 2.05) is 0 Å². The van der Waals surface area contributed by atoms with Gasteiger partial charge in [0.05, 0.1) is 5.56 Å². The summed E-state index contributed by atoms with van der Waals surface area (Å²) in [6.45, 7) is 3.80. The average molecular weight is 248 g/mol. The zero-order valence-corrected chi connectivity index (χ0v) is 10.9. The average Bonchev–Trinajstić information content (AvgIpc) is 2.37. The molecule has 0 bridgehead atoms. The van der Waals surface area contributed by atoms with Crippen molar-refractivity contribution in [1.82, 2.24) is 0 Å². The van der Waals surface area contributed by atoms with Crippen LogP contribution >= 0.6 is 0 Å². The molecule has 1 aliphatic carbocycles. The van der Waals surface area contributed by atoms with Gasteiger partial charge in [0.25, 0.3) is 0 Å². The molecule has 0 aliphatic heterocycles. The van der Waals surface area contributed by atoms with Gasteiger partial charge in [-0.3, -0.25) is 0 Å². The van der Waals surface area contributed by atoms with Crippen LogP contribution in [0.4, 0.5) is 8.78 Å². The van der Waals surface area contributed by atoms with Gasteiger partial charge in [0, 0.05) is 5.92 Å². The second-order valence-electron chi connectivity index (χ2n) is 5.28. The van der Waals surface area contributed by atoms with E-state index in [1.54, 1.807) is 19.1 Å². The van der Waals surface area contributed by atoms with Crippen LogP contribution < -0.4 is 0 Å². The van der Waals surface area contributed by atoms with Crippen molar-refractivity contribution in [3.05, 3.63) is 34.9 Å². The van der Waals surface area contributed by atoms with Crippen molar-refractivity contribution in [2.24, 2.45) is 11.8 Å². The van der Waals surface area contributed by atoms with Crippen molar-refractivity contribution in [2.75, 3.05) is 0 Å². The van der Waals surface area contributed by atoms with E-state index in [0.717, 1.165) is 18.8 Å². The third kappa shape index (κ3) is 2.90. The lowest BCUT2D eigenvalue weighted by molar-refractivity contribution is 0.337. The Hall–Kier alpha value is -1.36. The minimum atomic E-state index is -0.813. The summed E-state index contributed by atoms with van der Waals surface area (Å²) < 4.78 is 27.0. The summed E-state index contributed by atoms with van der Waals surface area (Å²) in [6.07, 6.45) is 4.52. The minimum absolute atomic E-state index is 0.178. The molecular weight excluding hydrogens is 230 g/mol. The Morgan fingerprint density at radius 1 is 1.06 bits per heavy atom. The van der Waals surface area contributed by atoms with Gasteiger partial charge in [-0.25, -0.2) is 8.78 Å². The molecule has 0 nitrogen and oxygen atoms in total. The number of halogens is 2. The first-order valence-corrected chi connectivity index (χ1v) is 6.54. The minimum Gasteiger partial charge on any atom is -0.203 e. The zero-order chi connectivity index (χ0) is 13.1. The molecule has 0 amide bonds. The molecule has 0 radical (unpaired) electrons. The van der Waals surface area contributed by atoms with Crippen molar-refractivity contribution in [3.63, 3.8) is 0 Å². The fraction of sp³-hybridized carbons (Fsp3) is 0.500. The highest BCUT2D eigenvalue weighted by Crippen LogP contribution is 2.27. The van der Waals surface area contributed by atoms with Crippen LogP contribution in [0.3, 0.4) is 0 Å². The molecule has 2 rings (SSSR count). The van der Waals surface area contributed by atoms with E-state index in [0.29, 0.717) is 11.5 Å². The van der Waals surface area contributed by atoms with Crippen LogP contribution in [-0.2, 0) is 0 Å². The third-order valence-corrected chi connectivity index (χ3v) is 3.70. The van der Waals surface area contributed by atoms with Gasteiger partial charge in [0.2, 0.25) is 0 Å². The molecule has 1 aromatic rings. The Balaban J connectivity index is 2.13. The molecule has 0 unspecified atom stereocenters. The van der Waals surface area contributed by atoms with Crippen molar-refractivity contribution in [1.29, 1.82) is 0 Å². The molecule has 1 fully saturated rings. The van der Waals surface area contributed by atoms with E-state index in [4.69, 9.17) is 0 Å². The predicted octanol–water partition coefficient (Wildman–Crippen LogP) is 4.45. The quantitative estimate of drug-likeness (QED) is 0.595. The van der Waals surface area contributed by atoms with Crippen LogP contribution in [0, 0.1) is 42.2 Å². The maximum atomic E-state index is 13.6. The van der Waals surface area contributed by atoms with E-state index in [1.165, 1.54) is 12.8 Å². The summed E-state index contributed by atoms with van der Waals surface area (Å²) in [5, 5.41) is 0. The smallest absolute Gasteiger partial charge is 0.174 e. The van der Waals surface area contributed by atoms with Gasteiger partial charge in [-0.05, 0) is 50.2 Å². The molecule has 0 aromatic heterocycles.